The number of sulfonamides is 1. The van der Waals surface area contributed by atoms with Gasteiger partial charge in [0.1, 0.15) is 10.6 Å². The third kappa shape index (κ3) is 3.00. The Kier molecular flexibility index (Phi) is 4.46. The van der Waals surface area contributed by atoms with Crippen LogP contribution in [0.2, 0.25) is 5.02 Å². The molecule has 1 N–H and O–H groups in total. The van der Waals surface area contributed by atoms with Crippen molar-refractivity contribution in [2.45, 2.75) is 11.8 Å². The summed E-state index contributed by atoms with van der Waals surface area (Å²) in [4.78, 5) is 11.1. The predicted molar refractivity (Wildman–Crippen MR) is 77.1 cm³/mol. The van der Waals surface area contributed by atoms with Crippen LogP contribution >= 0.6 is 11.6 Å². The number of aliphatic carboxylic acids is 1. The van der Waals surface area contributed by atoms with E-state index in [0.717, 1.165) is 0 Å². The first-order valence-corrected chi connectivity index (χ1v) is 8.15. The molecule has 1 heterocycles. The Morgan fingerprint density at radius 2 is 2.10 bits per heavy atom. The van der Waals surface area contributed by atoms with Crippen LogP contribution in [0.3, 0.4) is 0 Å². The zero-order valence-electron chi connectivity index (χ0n) is 11.6. The van der Waals surface area contributed by atoms with Crippen LogP contribution in [0, 0.1) is 11.8 Å². The van der Waals surface area contributed by atoms with Gasteiger partial charge in [-0.15, -0.1) is 0 Å². The van der Waals surface area contributed by atoms with Crippen molar-refractivity contribution in [3.05, 3.63) is 23.2 Å². The lowest BCUT2D eigenvalue weighted by molar-refractivity contribution is -0.142. The highest BCUT2D eigenvalue weighted by Gasteiger charge is 2.41. The van der Waals surface area contributed by atoms with Crippen molar-refractivity contribution in [1.29, 1.82) is 0 Å². The fourth-order valence-corrected chi connectivity index (χ4v) is 4.30. The first-order valence-electron chi connectivity index (χ1n) is 6.34. The molecule has 8 heteroatoms. The number of carbonyl (C=O) groups is 1. The minimum absolute atomic E-state index is 0.00682. The quantitative estimate of drug-likeness (QED) is 0.906. The lowest BCUT2D eigenvalue weighted by atomic mass is 9.99. The van der Waals surface area contributed by atoms with Gasteiger partial charge in [-0.25, -0.2) is 8.42 Å². The van der Waals surface area contributed by atoms with Gasteiger partial charge in [0.2, 0.25) is 10.0 Å². The van der Waals surface area contributed by atoms with Gasteiger partial charge in [0.05, 0.1) is 13.0 Å². The Morgan fingerprint density at radius 3 is 2.62 bits per heavy atom. The minimum Gasteiger partial charge on any atom is -0.495 e. The monoisotopic (exact) mass is 333 g/mol. The largest absolute Gasteiger partial charge is 0.495 e. The molecule has 116 valence electrons. The normalized spacial score (nSPS) is 23.2. The summed E-state index contributed by atoms with van der Waals surface area (Å²) in [6.07, 6.45) is 0. The van der Waals surface area contributed by atoms with Crippen molar-refractivity contribution in [3.63, 3.8) is 0 Å². The van der Waals surface area contributed by atoms with E-state index in [2.05, 4.69) is 0 Å². The van der Waals surface area contributed by atoms with Gasteiger partial charge < -0.3 is 9.84 Å². The molecule has 6 nitrogen and oxygen atoms in total. The van der Waals surface area contributed by atoms with Crippen molar-refractivity contribution >= 4 is 27.6 Å². The van der Waals surface area contributed by atoms with E-state index in [1.165, 1.54) is 29.6 Å². The standard InChI is InChI=1S/C13H16ClNO5S/c1-8-6-15(7-10(8)13(16)17)21(18,19)12-4-3-9(14)5-11(12)20-2/h3-5,8,10H,6-7H2,1-2H3,(H,16,17)/t8-,10-/m1/s1. The molecule has 21 heavy (non-hydrogen) atoms. The molecule has 0 amide bonds. The Morgan fingerprint density at radius 1 is 1.43 bits per heavy atom. The molecular weight excluding hydrogens is 318 g/mol. The smallest absolute Gasteiger partial charge is 0.308 e. The Labute approximate surface area is 128 Å². The summed E-state index contributed by atoms with van der Waals surface area (Å²) in [5.41, 5.74) is 0. The average Bonchev–Trinajstić information content (AvgIpc) is 2.81. The molecule has 0 radical (unpaired) electrons. The van der Waals surface area contributed by atoms with E-state index in [4.69, 9.17) is 21.4 Å². The van der Waals surface area contributed by atoms with Gasteiger partial charge in [-0.2, -0.15) is 4.31 Å². The van der Waals surface area contributed by atoms with Crippen LogP contribution in [-0.2, 0) is 14.8 Å². The number of hydrogen-bond acceptors (Lipinski definition) is 4. The minimum atomic E-state index is -3.81. The molecule has 0 spiro atoms. The number of rotatable bonds is 4. The number of nitrogens with zero attached hydrogens (tertiary/aromatic N) is 1. The number of hydrogen-bond donors (Lipinski definition) is 1. The molecule has 0 unspecified atom stereocenters. The Hall–Kier alpha value is -1.31. The maximum Gasteiger partial charge on any atom is 0.308 e. The van der Waals surface area contributed by atoms with E-state index >= 15 is 0 Å². The third-order valence-corrected chi connectivity index (χ3v) is 5.75. The van der Waals surface area contributed by atoms with Crippen molar-refractivity contribution in [1.82, 2.24) is 4.31 Å². The molecule has 0 saturated carbocycles. The summed E-state index contributed by atoms with van der Waals surface area (Å²) in [5.74, 6) is -1.77. The zero-order chi connectivity index (χ0) is 15.8. The fourth-order valence-electron chi connectivity index (χ4n) is 2.43. The Bertz CT molecular complexity index is 661. The summed E-state index contributed by atoms with van der Waals surface area (Å²) in [7, 11) is -2.45. The molecule has 1 aliphatic rings. The van der Waals surface area contributed by atoms with E-state index in [1.807, 2.05) is 0 Å². The van der Waals surface area contributed by atoms with E-state index < -0.39 is 21.9 Å². The second-order valence-electron chi connectivity index (χ2n) is 5.04. The van der Waals surface area contributed by atoms with Crippen LogP contribution in [0.25, 0.3) is 0 Å². The van der Waals surface area contributed by atoms with Crippen molar-refractivity contribution in [2.75, 3.05) is 20.2 Å². The van der Waals surface area contributed by atoms with Crippen LogP contribution in [0.15, 0.2) is 23.1 Å². The maximum absolute atomic E-state index is 12.6. The predicted octanol–water partition coefficient (Wildman–Crippen LogP) is 1.69. The SMILES string of the molecule is COc1cc(Cl)ccc1S(=O)(=O)N1C[C@@H](C)[C@H](C(=O)O)C1. The average molecular weight is 334 g/mol. The van der Waals surface area contributed by atoms with Gasteiger partial charge >= 0.3 is 5.97 Å². The fraction of sp³-hybridized carbons (Fsp3) is 0.462. The summed E-state index contributed by atoms with van der Waals surface area (Å²) >= 11 is 5.83. The van der Waals surface area contributed by atoms with Gasteiger partial charge in [-0.1, -0.05) is 18.5 Å². The van der Waals surface area contributed by atoms with Crippen LogP contribution in [0.1, 0.15) is 6.92 Å². The highest BCUT2D eigenvalue weighted by atomic mass is 35.5. The Balaban J connectivity index is 2.38. The summed E-state index contributed by atoms with van der Waals surface area (Å²) in [6.45, 7) is 1.86. The van der Waals surface area contributed by atoms with Crippen LogP contribution < -0.4 is 4.74 Å². The molecule has 1 aromatic carbocycles. The topological polar surface area (TPSA) is 83.9 Å². The molecule has 1 aromatic rings. The first-order chi connectivity index (χ1) is 9.77. The number of carboxylic acids is 1. The van der Waals surface area contributed by atoms with Crippen molar-refractivity contribution in [3.8, 4) is 5.75 Å². The first kappa shape index (κ1) is 16.1. The third-order valence-electron chi connectivity index (χ3n) is 3.64. The van der Waals surface area contributed by atoms with E-state index in [1.54, 1.807) is 6.92 Å². The second-order valence-corrected chi connectivity index (χ2v) is 7.38. The van der Waals surface area contributed by atoms with Crippen LogP contribution in [-0.4, -0.2) is 44.0 Å². The molecule has 2 rings (SSSR count). The van der Waals surface area contributed by atoms with E-state index in [-0.39, 0.29) is 29.7 Å². The maximum atomic E-state index is 12.6. The number of ether oxygens (including phenoxy) is 1. The molecule has 1 aliphatic heterocycles. The molecular formula is C13H16ClNO5S. The molecule has 1 fully saturated rings. The van der Waals surface area contributed by atoms with Gasteiger partial charge in [0.25, 0.3) is 0 Å². The van der Waals surface area contributed by atoms with Crippen LogP contribution in [0.4, 0.5) is 0 Å². The summed E-state index contributed by atoms with van der Waals surface area (Å²) < 4.78 is 31.5. The summed E-state index contributed by atoms with van der Waals surface area (Å²) in [5, 5.41) is 9.48. The van der Waals surface area contributed by atoms with Gasteiger partial charge in [0.15, 0.2) is 0 Å². The molecule has 0 aromatic heterocycles. The molecule has 0 aliphatic carbocycles. The van der Waals surface area contributed by atoms with Gasteiger partial charge in [-0.3, -0.25) is 4.79 Å². The summed E-state index contributed by atoms with van der Waals surface area (Å²) in [6, 6.07) is 4.25. The lowest BCUT2D eigenvalue weighted by Crippen LogP contribution is -2.30. The van der Waals surface area contributed by atoms with Gasteiger partial charge in [0, 0.05) is 24.2 Å². The van der Waals surface area contributed by atoms with E-state index in [0.29, 0.717) is 5.02 Å². The molecule has 1 saturated heterocycles. The number of carboxylic acid groups (broad SMARTS) is 1. The highest BCUT2D eigenvalue weighted by molar-refractivity contribution is 7.89. The van der Waals surface area contributed by atoms with Crippen LogP contribution in [0.5, 0.6) is 5.75 Å². The number of benzene rings is 1. The highest BCUT2D eigenvalue weighted by Crippen LogP contribution is 2.33. The van der Waals surface area contributed by atoms with E-state index in [9.17, 15) is 13.2 Å². The van der Waals surface area contributed by atoms with Crippen molar-refractivity contribution in [2.24, 2.45) is 11.8 Å². The number of halogens is 1. The lowest BCUT2D eigenvalue weighted by Gasteiger charge is -2.18. The second kappa shape index (κ2) is 5.82. The van der Waals surface area contributed by atoms with Gasteiger partial charge in [-0.05, 0) is 18.1 Å². The van der Waals surface area contributed by atoms with Crippen molar-refractivity contribution < 1.29 is 23.1 Å². The molecule has 0 bridgehead atoms. The number of methoxy groups -OCH3 is 1. The molecule has 2 atom stereocenters. The zero-order valence-corrected chi connectivity index (χ0v) is 13.2.